The maximum absolute atomic E-state index is 14.0. The van der Waals surface area contributed by atoms with E-state index in [-0.39, 0.29) is 17.1 Å². The summed E-state index contributed by atoms with van der Waals surface area (Å²) in [4.78, 5) is 33.9. The number of piperidine rings is 1. The molecule has 12 heteroatoms. The molecule has 6 rings (SSSR count). The second-order valence-corrected chi connectivity index (χ2v) is 11.6. The number of rotatable bonds is 10. The molecular weight excluding hydrogens is 563 g/mol. The van der Waals surface area contributed by atoms with E-state index < -0.39 is 5.54 Å². The van der Waals surface area contributed by atoms with Gasteiger partial charge < -0.3 is 19.9 Å². The number of hydrogen-bond donors (Lipinski definition) is 1. The third-order valence-electron chi connectivity index (χ3n) is 9.31. The number of nitrogens with zero attached hydrogens (tertiary/aromatic N) is 7. The number of likely N-dealkylation sites (tertiary alicyclic amines) is 2. The number of benzene rings is 2. The third kappa shape index (κ3) is 5.77. The number of carbonyl (C=O) groups excluding carboxylic acids is 2. The van der Waals surface area contributed by atoms with Crippen LogP contribution in [0.3, 0.4) is 0 Å². The number of pyridine rings is 1. The van der Waals surface area contributed by atoms with Gasteiger partial charge in [-0.1, -0.05) is 12.1 Å². The number of aromatic nitrogens is 5. The Balaban J connectivity index is 1.20. The number of amides is 2. The molecule has 2 aliphatic rings. The predicted molar refractivity (Wildman–Crippen MR) is 160 cm³/mol. The Bertz CT molecular complexity index is 1580. The fraction of sp³-hybridized carbons (Fsp3) is 0.375. The van der Waals surface area contributed by atoms with Crippen LogP contribution in [0.15, 0.2) is 73.3 Å². The van der Waals surface area contributed by atoms with Crippen molar-refractivity contribution in [2.75, 3.05) is 39.8 Å². The molecule has 0 radical (unpaired) electrons. The molecule has 4 heterocycles. The van der Waals surface area contributed by atoms with Gasteiger partial charge >= 0.3 is 0 Å². The van der Waals surface area contributed by atoms with E-state index in [1.165, 1.54) is 23.1 Å². The van der Waals surface area contributed by atoms with Gasteiger partial charge in [0, 0.05) is 44.0 Å². The van der Waals surface area contributed by atoms with E-state index in [2.05, 4.69) is 30.7 Å². The molecule has 0 aliphatic carbocycles. The molecule has 0 saturated carbocycles. The Morgan fingerprint density at radius 2 is 1.80 bits per heavy atom. The molecule has 4 aromatic rings. The summed E-state index contributed by atoms with van der Waals surface area (Å²) in [5.74, 6) is 0.0481. The first kappa shape index (κ1) is 29.4. The molecule has 2 saturated heterocycles. The average Bonchev–Trinajstić information content (AvgIpc) is 3.77. The zero-order chi connectivity index (χ0) is 30.6. The first-order chi connectivity index (χ1) is 21.4. The molecule has 2 aromatic carbocycles. The van der Waals surface area contributed by atoms with Crippen molar-refractivity contribution in [1.82, 2.24) is 40.3 Å². The van der Waals surface area contributed by atoms with Gasteiger partial charge in [0.05, 0.1) is 23.9 Å². The zero-order valence-electron chi connectivity index (χ0n) is 24.6. The fourth-order valence-corrected chi connectivity index (χ4v) is 6.72. The van der Waals surface area contributed by atoms with Gasteiger partial charge in [-0.05, 0) is 96.2 Å². The number of halogens is 1. The Kier molecular flexibility index (Phi) is 8.34. The molecule has 44 heavy (non-hydrogen) atoms. The number of nitrogens with one attached hydrogen (secondary N) is 1. The lowest BCUT2D eigenvalue weighted by Gasteiger charge is -2.43. The van der Waals surface area contributed by atoms with E-state index in [1.54, 1.807) is 37.7 Å². The van der Waals surface area contributed by atoms with E-state index in [0.29, 0.717) is 30.1 Å². The minimum Gasteiger partial charge on any atom is -0.496 e. The van der Waals surface area contributed by atoms with E-state index in [4.69, 9.17) is 4.74 Å². The van der Waals surface area contributed by atoms with Crippen LogP contribution in [0.4, 0.5) is 4.39 Å². The van der Waals surface area contributed by atoms with Crippen LogP contribution in [0, 0.1) is 5.82 Å². The summed E-state index contributed by atoms with van der Waals surface area (Å²) >= 11 is 0. The normalized spacial score (nSPS) is 19.9. The lowest BCUT2D eigenvalue weighted by molar-refractivity contribution is -0.112. The van der Waals surface area contributed by atoms with Crippen molar-refractivity contribution in [1.29, 1.82) is 0 Å². The van der Waals surface area contributed by atoms with Crippen molar-refractivity contribution >= 4 is 12.3 Å². The Labute approximate surface area is 255 Å². The van der Waals surface area contributed by atoms with Crippen LogP contribution < -0.4 is 10.1 Å². The monoisotopic (exact) mass is 598 g/mol. The van der Waals surface area contributed by atoms with Crippen LogP contribution in [0.25, 0.3) is 5.69 Å². The van der Waals surface area contributed by atoms with Crippen molar-refractivity contribution in [3.05, 3.63) is 95.8 Å². The maximum Gasteiger partial charge on any atom is 0.257 e. The zero-order valence-corrected chi connectivity index (χ0v) is 24.6. The van der Waals surface area contributed by atoms with Crippen molar-refractivity contribution < 1.29 is 18.7 Å². The summed E-state index contributed by atoms with van der Waals surface area (Å²) in [5.41, 5.74) is 2.41. The second kappa shape index (κ2) is 12.5. The first-order valence-electron chi connectivity index (χ1n) is 14.8. The summed E-state index contributed by atoms with van der Waals surface area (Å²) in [6.45, 7) is 3.49. The third-order valence-corrected chi connectivity index (χ3v) is 9.31. The molecule has 11 nitrogen and oxygen atoms in total. The molecule has 0 spiro atoms. The molecular formula is C32H35FN8O3. The molecule has 0 bridgehead atoms. The first-order valence-corrected chi connectivity index (χ1v) is 14.8. The Hall–Kier alpha value is -4.71. The highest BCUT2D eigenvalue weighted by atomic mass is 19.1. The molecule has 1 atom stereocenters. The van der Waals surface area contributed by atoms with Gasteiger partial charge in [0.25, 0.3) is 5.91 Å². The lowest BCUT2D eigenvalue weighted by Crippen LogP contribution is -2.51. The van der Waals surface area contributed by atoms with E-state index in [0.717, 1.165) is 62.9 Å². The van der Waals surface area contributed by atoms with Crippen molar-refractivity contribution in [3.8, 4) is 11.4 Å². The lowest BCUT2D eigenvalue weighted by atomic mass is 9.76. The van der Waals surface area contributed by atoms with E-state index >= 15 is 0 Å². The van der Waals surface area contributed by atoms with Crippen LogP contribution in [0.1, 0.15) is 47.2 Å². The van der Waals surface area contributed by atoms with Crippen LogP contribution in [0.2, 0.25) is 0 Å². The van der Waals surface area contributed by atoms with Crippen LogP contribution >= 0.6 is 0 Å². The van der Waals surface area contributed by atoms with Gasteiger partial charge in [-0.3, -0.25) is 14.6 Å². The number of ether oxygens (including phenoxy) is 1. The van der Waals surface area contributed by atoms with Crippen LogP contribution in [-0.2, 0) is 15.7 Å². The largest absolute Gasteiger partial charge is 0.496 e. The fourth-order valence-electron chi connectivity index (χ4n) is 6.72. The predicted octanol–water partition coefficient (Wildman–Crippen LogP) is 3.12. The highest BCUT2D eigenvalue weighted by molar-refractivity contribution is 5.97. The molecule has 1 unspecified atom stereocenters. The summed E-state index contributed by atoms with van der Waals surface area (Å²) in [6.07, 6.45) is 8.89. The summed E-state index contributed by atoms with van der Waals surface area (Å²) in [7, 11) is 1.54. The summed E-state index contributed by atoms with van der Waals surface area (Å²) < 4.78 is 21.0. The summed E-state index contributed by atoms with van der Waals surface area (Å²) in [5, 5.41) is 14.4. The highest BCUT2D eigenvalue weighted by Crippen LogP contribution is 2.40. The van der Waals surface area contributed by atoms with Gasteiger partial charge in [-0.25, -0.2) is 9.07 Å². The minimum atomic E-state index is -0.414. The van der Waals surface area contributed by atoms with Gasteiger partial charge in [-0.2, -0.15) is 0 Å². The quantitative estimate of drug-likeness (QED) is 0.277. The molecule has 2 aliphatic heterocycles. The smallest absolute Gasteiger partial charge is 0.257 e. The van der Waals surface area contributed by atoms with Gasteiger partial charge in [0.2, 0.25) is 6.41 Å². The molecule has 2 fully saturated rings. The van der Waals surface area contributed by atoms with Crippen LogP contribution in [0.5, 0.6) is 5.75 Å². The SMILES string of the molecule is COc1ccc(-n2cnnn2)cc1C(=O)N1CCC(CCN2CCC(NC=O)(c3ccncc3)CC2)(c2ccc(F)cc2)C1. The van der Waals surface area contributed by atoms with Crippen molar-refractivity contribution in [2.45, 2.75) is 36.6 Å². The van der Waals surface area contributed by atoms with E-state index in [9.17, 15) is 14.0 Å². The van der Waals surface area contributed by atoms with Gasteiger partial charge in [-0.15, -0.1) is 5.10 Å². The second-order valence-electron chi connectivity index (χ2n) is 11.6. The molecule has 2 aromatic heterocycles. The molecule has 228 valence electrons. The van der Waals surface area contributed by atoms with Crippen molar-refractivity contribution in [3.63, 3.8) is 0 Å². The number of methoxy groups -OCH3 is 1. The number of hydrogen-bond acceptors (Lipinski definition) is 8. The standard InChI is InChI=1S/C32H35FN8O3/c1-44-29-7-6-27(41-22-36-37-38-41)20-28(29)30(43)40-19-11-31(21-40,24-2-4-26(33)5-3-24)10-16-39-17-12-32(13-18-39,35-23-42)25-8-14-34-15-9-25/h2-9,14-15,20,22-23H,10-13,16-19,21H2,1H3,(H,35,42). The average molecular weight is 599 g/mol. The maximum atomic E-state index is 14.0. The highest BCUT2D eigenvalue weighted by Gasteiger charge is 2.43. The van der Waals surface area contributed by atoms with Crippen molar-refractivity contribution in [2.24, 2.45) is 0 Å². The molecule has 2 amide bonds. The Morgan fingerprint density at radius 1 is 1.02 bits per heavy atom. The topological polar surface area (TPSA) is 118 Å². The number of carbonyl (C=O) groups is 2. The van der Waals surface area contributed by atoms with Gasteiger partial charge in [0.15, 0.2) is 0 Å². The van der Waals surface area contributed by atoms with Gasteiger partial charge in [0.1, 0.15) is 17.9 Å². The summed E-state index contributed by atoms with van der Waals surface area (Å²) in [6, 6.07) is 15.9. The van der Waals surface area contributed by atoms with E-state index in [1.807, 2.05) is 29.2 Å². The molecule has 1 N–H and O–H groups in total. The van der Waals surface area contributed by atoms with Crippen LogP contribution in [-0.4, -0.2) is 87.1 Å². The number of tetrazole rings is 1. The Morgan fingerprint density at radius 3 is 2.48 bits per heavy atom. The minimum absolute atomic E-state index is 0.138.